The zero-order valence-corrected chi connectivity index (χ0v) is 14.2. The van der Waals surface area contributed by atoms with Crippen molar-refractivity contribution in [2.75, 3.05) is 13.1 Å². The van der Waals surface area contributed by atoms with Crippen LogP contribution in [0.1, 0.15) is 34.1 Å². The number of aromatic nitrogens is 2. The van der Waals surface area contributed by atoms with E-state index in [0.717, 1.165) is 30.2 Å². The molecule has 0 saturated heterocycles. The molecule has 0 bridgehead atoms. The van der Waals surface area contributed by atoms with Gasteiger partial charge in [-0.2, -0.15) is 5.10 Å². The molecular formula is C17H23ClN4. The summed E-state index contributed by atoms with van der Waals surface area (Å²) < 4.78 is 1.96. The third-order valence-corrected chi connectivity index (χ3v) is 5.05. The van der Waals surface area contributed by atoms with E-state index in [9.17, 15) is 0 Å². The van der Waals surface area contributed by atoms with E-state index in [1.807, 2.05) is 17.8 Å². The Morgan fingerprint density at radius 3 is 2.77 bits per heavy atom. The van der Waals surface area contributed by atoms with Gasteiger partial charge in [0.15, 0.2) is 0 Å². The van der Waals surface area contributed by atoms with Crippen LogP contribution in [0.4, 0.5) is 0 Å². The summed E-state index contributed by atoms with van der Waals surface area (Å²) >= 11 is 6.14. The predicted molar refractivity (Wildman–Crippen MR) is 90.0 cm³/mol. The van der Waals surface area contributed by atoms with Crippen LogP contribution in [-0.4, -0.2) is 27.8 Å². The number of nitrogens with zero attached hydrogens (tertiary/aromatic N) is 3. The molecule has 0 saturated carbocycles. The Morgan fingerprint density at radius 1 is 1.36 bits per heavy atom. The minimum atomic E-state index is 0.269. The summed E-state index contributed by atoms with van der Waals surface area (Å²) in [6.45, 7) is 6.78. The average Bonchev–Trinajstić information content (AvgIpc) is 2.94. The number of rotatable bonds is 4. The van der Waals surface area contributed by atoms with Gasteiger partial charge in [-0.15, -0.1) is 0 Å². The summed E-state index contributed by atoms with van der Waals surface area (Å²) in [6, 6.07) is 6.42. The number of nitrogens with two attached hydrogens (primary N) is 1. The summed E-state index contributed by atoms with van der Waals surface area (Å²) in [6.07, 6.45) is 1.00. The summed E-state index contributed by atoms with van der Waals surface area (Å²) in [5.41, 5.74) is 12.4. The Kier molecular flexibility index (Phi) is 4.26. The van der Waals surface area contributed by atoms with Crippen molar-refractivity contribution in [1.82, 2.24) is 14.7 Å². The number of hydrogen-bond acceptors (Lipinski definition) is 3. The Balaban J connectivity index is 1.76. The summed E-state index contributed by atoms with van der Waals surface area (Å²) in [5.74, 6) is 0. The first kappa shape index (κ1) is 15.5. The average molecular weight is 319 g/mol. The monoisotopic (exact) mass is 318 g/mol. The quantitative estimate of drug-likeness (QED) is 0.943. The fourth-order valence-electron chi connectivity index (χ4n) is 3.49. The second kappa shape index (κ2) is 6.03. The lowest BCUT2D eigenvalue weighted by atomic mass is 10.0. The maximum Gasteiger partial charge on any atom is 0.0628 e. The molecule has 1 aliphatic heterocycles. The third-order valence-electron chi connectivity index (χ3n) is 4.81. The molecule has 2 N–H and O–H groups in total. The molecular weight excluding hydrogens is 296 g/mol. The Bertz CT molecular complexity index is 692. The van der Waals surface area contributed by atoms with Crippen LogP contribution in [0.25, 0.3) is 0 Å². The van der Waals surface area contributed by atoms with Gasteiger partial charge in [0.1, 0.15) is 0 Å². The van der Waals surface area contributed by atoms with Crippen molar-refractivity contribution in [2.45, 2.75) is 32.9 Å². The molecule has 0 spiro atoms. The molecule has 2 heterocycles. The molecule has 118 valence electrons. The van der Waals surface area contributed by atoms with Crippen molar-refractivity contribution in [3.63, 3.8) is 0 Å². The van der Waals surface area contributed by atoms with Crippen LogP contribution in [0.5, 0.6) is 0 Å². The number of hydrogen-bond donors (Lipinski definition) is 1. The molecule has 0 radical (unpaired) electrons. The van der Waals surface area contributed by atoms with Crippen molar-refractivity contribution >= 4 is 11.6 Å². The van der Waals surface area contributed by atoms with Crippen molar-refractivity contribution in [1.29, 1.82) is 0 Å². The van der Waals surface area contributed by atoms with Crippen molar-refractivity contribution < 1.29 is 0 Å². The number of fused-ring (bicyclic) bond motifs is 1. The Hall–Kier alpha value is -1.36. The predicted octanol–water partition coefficient (Wildman–Crippen LogP) is 2.75. The van der Waals surface area contributed by atoms with E-state index in [-0.39, 0.29) is 6.04 Å². The van der Waals surface area contributed by atoms with E-state index >= 15 is 0 Å². The molecule has 4 nitrogen and oxygen atoms in total. The van der Waals surface area contributed by atoms with E-state index in [1.165, 1.54) is 22.4 Å². The lowest BCUT2D eigenvalue weighted by Gasteiger charge is -2.23. The van der Waals surface area contributed by atoms with Crippen molar-refractivity contribution in [2.24, 2.45) is 12.8 Å². The van der Waals surface area contributed by atoms with E-state index in [0.29, 0.717) is 6.54 Å². The molecule has 2 aromatic rings. The van der Waals surface area contributed by atoms with Crippen molar-refractivity contribution in [3.8, 4) is 0 Å². The molecule has 1 aliphatic rings. The lowest BCUT2D eigenvalue weighted by molar-refractivity contribution is 0.222. The molecule has 1 aromatic carbocycles. The fraction of sp³-hybridized carbons (Fsp3) is 0.471. The summed E-state index contributed by atoms with van der Waals surface area (Å²) in [4.78, 5) is 2.45. The third kappa shape index (κ3) is 2.67. The number of halogens is 1. The van der Waals surface area contributed by atoms with Crippen molar-refractivity contribution in [3.05, 3.63) is 51.3 Å². The van der Waals surface area contributed by atoms with Crippen LogP contribution in [0, 0.1) is 13.8 Å². The van der Waals surface area contributed by atoms with E-state index in [1.54, 1.807) is 0 Å². The van der Waals surface area contributed by atoms with Crippen LogP contribution in [0.2, 0.25) is 5.02 Å². The second-order valence-corrected chi connectivity index (χ2v) is 6.52. The maximum atomic E-state index is 6.14. The smallest absolute Gasteiger partial charge is 0.0628 e. The molecule has 22 heavy (non-hydrogen) atoms. The highest BCUT2D eigenvalue weighted by Gasteiger charge is 2.29. The van der Waals surface area contributed by atoms with Gasteiger partial charge >= 0.3 is 0 Å². The van der Waals surface area contributed by atoms with Crippen LogP contribution >= 0.6 is 11.6 Å². The highest BCUT2D eigenvalue weighted by molar-refractivity contribution is 6.30. The summed E-state index contributed by atoms with van der Waals surface area (Å²) in [7, 11) is 2.00. The molecule has 1 atom stereocenters. The van der Waals surface area contributed by atoms with Gasteiger partial charge in [-0.3, -0.25) is 9.58 Å². The molecule has 5 heteroatoms. The maximum absolute atomic E-state index is 6.14. The van der Waals surface area contributed by atoms with E-state index in [4.69, 9.17) is 17.3 Å². The molecule has 0 fully saturated rings. The van der Waals surface area contributed by atoms with Crippen LogP contribution < -0.4 is 5.73 Å². The lowest BCUT2D eigenvalue weighted by Crippen LogP contribution is -2.29. The van der Waals surface area contributed by atoms with E-state index in [2.05, 4.69) is 36.0 Å². The molecule has 1 aromatic heterocycles. The van der Waals surface area contributed by atoms with E-state index < -0.39 is 0 Å². The van der Waals surface area contributed by atoms with Gasteiger partial charge in [-0.1, -0.05) is 17.7 Å². The van der Waals surface area contributed by atoms with Crippen LogP contribution in [0.15, 0.2) is 18.2 Å². The standard InChI is InChI=1S/C17H23ClN4/c1-11-15(12(2)21(3)20-11)6-7-22-10-13-4-5-14(18)8-16(13)17(22)9-19/h4-5,8,17H,6-7,9-10,19H2,1-3H3. The highest BCUT2D eigenvalue weighted by atomic mass is 35.5. The van der Waals surface area contributed by atoms with Gasteiger partial charge in [0.2, 0.25) is 0 Å². The SMILES string of the molecule is Cc1nn(C)c(C)c1CCN1Cc2ccc(Cl)cc2C1CN. The van der Waals surface area contributed by atoms with Gasteiger partial charge in [0, 0.05) is 43.4 Å². The second-order valence-electron chi connectivity index (χ2n) is 6.09. The fourth-order valence-corrected chi connectivity index (χ4v) is 3.67. The first-order valence-electron chi connectivity index (χ1n) is 7.72. The summed E-state index contributed by atoms with van der Waals surface area (Å²) in [5, 5.41) is 5.29. The first-order valence-corrected chi connectivity index (χ1v) is 8.10. The zero-order chi connectivity index (χ0) is 15.9. The molecule has 0 aliphatic carbocycles. The van der Waals surface area contributed by atoms with Gasteiger partial charge in [0.25, 0.3) is 0 Å². The Morgan fingerprint density at radius 2 is 2.14 bits per heavy atom. The largest absolute Gasteiger partial charge is 0.329 e. The van der Waals surface area contributed by atoms with Gasteiger partial charge in [-0.25, -0.2) is 0 Å². The van der Waals surface area contributed by atoms with Gasteiger partial charge in [-0.05, 0) is 49.1 Å². The topological polar surface area (TPSA) is 47.1 Å². The van der Waals surface area contributed by atoms with Crippen LogP contribution in [0.3, 0.4) is 0 Å². The molecule has 0 amide bonds. The van der Waals surface area contributed by atoms with Gasteiger partial charge < -0.3 is 5.73 Å². The number of benzene rings is 1. The van der Waals surface area contributed by atoms with Gasteiger partial charge in [0.05, 0.1) is 5.69 Å². The Labute approximate surface area is 136 Å². The minimum absolute atomic E-state index is 0.269. The highest BCUT2D eigenvalue weighted by Crippen LogP contribution is 2.34. The zero-order valence-electron chi connectivity index (χ0n) is 13.4. The first-order chi connectivity index (χ1) is 10.5. The minimum Gasteiger partial charge on any atom is -0.329 e. The normalized spacial score (nSPS) is 18.0. The molecule has 3 rings (SSSR count). The van der Waals surface area contributed by atoms with Crippen LogP contribution in [-0.2, 0) is 20.0 Å². The molecule has 1 unspecified atom stereocenters. The number of aryl methyl sites for hydroxylation is 2.